The number of halogens is 2. The number of carbonyl (C=O) groups excluding carboxylic acids is 1. The van der Waals surface area contributed by atoms with Gasteiger partial charge < -0.3 is 14.8 Å². The molecule has 7 heteroatoms. The van der Waals surface area contributed by atoms with Crippen molar-refractivity contribution in [2.24, 2.45) is 0 Å². The van der Waals surface area contributed by atoms with Crippen LogP contribution < -0.4 is 5.46 Å². The van der Waals surface area contributed by atoms with Crippen molar-refractivity contribution in [3.63, 3.8) is 0 Å². The van der Waals surface area contributed by atoms with E-state index in [0.29, 0.717) is 6.07 Å². The standard InChI is InChI=1S/C8H7BF2O4/c1-15-8(12)4-2-3-5(10)7(11)6(4)9(13)14/h2-3,13-14H,1H3. The maximum atomic E-state index is 13.1. The molecule has 0 aliphatic rings. The van der Waals surface area contributed by atoms with E-state index in [-0.39, 0.29) is 0 Å². The Bertz CT molecular complexity index is 394. The number of esters is 1. The summed E-state index contributed by atoms with van der Waals surface area (Å²) in [5, 5.41) is 17.6. The van der Waals surface area contributed by atoms with Crippen molar-refractivity contribution in [3.8, 4) is 0 Å². The van der Waals surface area contributed by atoms with Crippen LogP contribution in [-0.2, 0) is 4.74 Å². The molecule has 0 aromatic heterocycles. The lowest BCUT2D eigenvalue weighted by atomic mass is 9.76. The van der Waals surface area contributed by atoms with Gasteiger partial charge in [-0.2, -0.15) is 0 Å². The smallest absolute Gasteiger partial charge is 0.465 e. The van der Waals surface area contributed by atoms with Gasteiger partial charge in [-0.1, -0.05) is 0 Å². The third-order valence-electron chi connectivity index (χ3n) is 1.80. The molecule has 0 aliphatic carbocycles. The Kier molecular flexibility index (Phi) is 3.38. The van der Waals surface area contributed by atoms with Crippen LogP contribution in [0.5, 0.6) is 0 Å². The zero-order valence-corrected chi connectivity index (χ0v) is 7.70. The summed E-state index contributed by atoms with van der Waals surface area (Å²) in [6.45, 7) is 0. The fourth-order valence-electron chi connectivity index (χ4n) is 1.11. The topological polar surface area (TPSA) is 66.8 Å². The quantitative estimate of drug-likeness (QED) is 0.513. The average Bonchev–Trinajstić information content (AvgIpc) is 2.20. The number of ether oxygens (including phenoxy) is 1. The highest BCUT2D eigenvalue weighted by atomic mass is 19.2. The van der Waals surface area contributed by atoms with Crippen LogP contribution in [-0.4, -0.2) is 30.2 Å². The Balaban J connectivity index is 3.40. The van der Waals surface area contributed by atoms with Crippen LogP contribution in [0.1, 0.15) is 10.4 Å². The van der Waals surface area contributed by atoms with Crippen molar-refractivity contribution in [3.05, 3.63) is 29.3 Å². The zero-order valence-electron chi connectivity index (χ0n) is 7.70. The molecule has 0 heterocycles. The summed E-state index contributed by atoms with van der Waals surface area (Å²) < 4.78 is 30.1. The van der Waals surface area contributed by atoms with Crippen LogP contribution in [0.2, 0.25) is 0 Å². The first-order valence-electron chi connectivity index (χ1n) is 3.91. The second-order valence-corrected chi connectivity index (χ2v) is 2.69. The van der Waals surface area contributed by atoms with Gasteiger partial charge in [0.05, 0.1) is 12.7 Å². The summed E-state index contributed by atoms with van der Waals surface area (Å²) >= 11 is 0. The maximum Gasteiger partial charge on any atom is 0.492 e. The predicted octanol–water partition coefficient (Wildman–Crippen LogP) is -0.569. The van der Waals surface area contributed by atoms with Gasteiger partial charge in [-0.05, 0) is 12.1 Å². The van der Waals surface area contributed by atoms with Crippen LogP contribution in [0, 0.1) is 11.6 Å². The van der Waals surface area contributed by atoms with E-state index in [1.54, 1.807) is 0 Å². The summed E-state index contributed by atoms with van der Waals surface area (Å²) in [6.07, 6.45) is 0. The van der Waals surface area contributed by atoms with Crippen LogP contribution in [0.15, 0.2) is 12.1 Å². The molecule has 1 rings (SSSR count). The van der Waals surface area contributed by atoms with Gasteiger partial charge in [0, 0.05) is 5.46 Å². The van der Waals surface area contributed by atoms with E-state index in [4.69, 9.17) is 10.0 Å². The molecule has 1 aromatic carbocycles. The molecule has 0 aliphatic heterocycles. The van der Waals surface area contributed by atoms with E-state index < -0.39 is 35.7 Å². The molecule has 0 fully saturated rings. The Labute approximate surface area is 84.2 Å². The third-order valence-corrected chi connectivity index (χ3v) is 1.80. The minimum Gasteiger partial charge on any atom is -0.465 e. The second-order valence-electron chi connectivity index (χ2n) is 2.69. The molecule has 80 valence electrons. The second kappa shape index (κ2) is 4.37. The molecular formula is C8H7BF2O4. The SMILES string of the molecule is COC(=O)c1ccc(F)c(F)c1B(O)O. The molecule has 0 spiro atoms. The van der Waals surface area contributed by atoms with Gasteiger partial charge in [0.2, 0.25) is 0 Å². The first-order chi connectivity index (χ1) is 6.99. The number of hydrogen-bond donors (Lipinski definition) is 2. The Hall–Kier alpha value is -1.47. The number of methoxy groups -OCH3 is 1. The van der Waals surface area contributed by atoms with Crippen molar-refractivity contribution < 1.29 is 28.4 Å². The van der Waals surface area contributed by atoms with Crippen LogP contribution >= 0.6 is 0 Å². The summed E-state index contributed by atoms with van der Waals surface area (Å²) in [6, 6.07) is 1.62. The lowest BCUT2D eigenvalue weighted by molar-refractivity contribution is 0.0601. The molecule has 0 saturated carbocycles. The Morgan fingerprint density at radius 3 is 2.47 bits per heavy atom. The molecule has 0 bridgehead atoms. The maximum absolute atomic E-state index is 13.1. The number of benzene rings is 1. The molecule has 15 heavy (non-hydrogen) atoms. The average molecular weight is 216 g/mol. The fourth-order valence-corrected chi connectivity index (χ4v) is 1.11. The zero-order chi connectivity index (χ0) is 11.6. The molecule has 4 nitrogen and oxygen atoms in total. The van der Waals surface area contributed by atoms with Gasteiger partial charge in [0.25, 0.3) is 0 Å². The highest BCUT2D eigenvalue weighted by Crippen LogP contribution is 2.08. The summed E-state index contributed by atoms with van der Waals surface area (Å²) in [5.74, 6) is -3.73. The first kappa shape index (κ1) is 11.6. The molecule has 0 amide bonds. The summed E-state index contributed by atoms with van der Waals surface area (Å²) in [5.41, 5.74) is -1.26. The van der Waals surface area contributed by atoms with Gasteiger partial charge in [0.1, 0.15) is 0 Å². The molecular weight excluding hydrogens is 209 g/mol. The van der Waals surface area contributed by atoms with Crippen molar-refractivity contribution in [1.82, 2.24) is 0 Å². The normalized spacial score (nSPS) is 9.93. The minimum absolute atomic E-state index is 0.425. The van der Waals surface area contributed by atoms with Crippen LogP contribution in [0.3, 0.4) is 0 Å². The highest BCUT2D eigenvalue weighted by molar-refractivity contribution is 6.60. The van der Waals surface area contributed by atoms with Crippen LogP contribution in [0.4, 0.5) is 8.78 Å². The minimum atomic E-state index is -2.28. The van der Waals surface area contributed by atoms with E-state index in [9.17, 15) is 13.6 Å². The summed E-state index contributed by atoms with van der Waals surface area (Å²) in [7, 11) is -1.24. The van der Waals surface area contributed by atoms with Crippen molar-refractivity contribution in [1.29, 1.82) is 0 Å². The Morgan fingerprint density at radius 2 is 2.00 bits per heavy atom. The van der Waals surface area contributed by atoms with Gasteiger partial charge in [-0.15, -0.1) is 0 Å². The molecule has 0 radical (unpaired) electrons. The lowest BCUT2D eigenvalue weighted by Crippen LogP contribution is -2.38. The lowest BCUT2D eigenvalue weighted by Gasteiger charge is -2.08. The number of hydrogen-bond acceptors (Lipinski definition) is 4. The molecule has 2 N–H and O–H groups in total. The van der Waals surface area contributed by atoms with Gasteiger partial charge >= 0.3 is 13.1 Å². The van der Waals surface area contributed by atoms with E-state index in [1.807, 2.05) is 0 Å². The molecule has 0 saturated heterocycles. The molecule has 1 aromatic rings. The van der Waals surface area contributed by atoms with E-state index >= 15 is 0 Å². The van der Waals surface area contributed by atoms with Gasteiger partial charge in [0.15, 0.2) is 11.6 Å². The van der Waals surface area contributed by atoms with Gasteiger partial charge in [-0.25, -0.2) is 13.6 Å². The molecule has 0 unspecified atom stereocenters. The van der Waals surface area contributed by atoms with Crippen LogP contribution in [0.25, 0.3) is 0 Å². The monoisotopic (exact) mass is 216 g/mol. The third kappa shape index (κ3) is 2.13. The van der Waals surface area contributed by atoms with E-state index in [0.717, 1.165) is 13.2 Å². The fraction of sp³-hybridized carbons (Fsp3) is 0.125. The van der Waals surface area contributed by atoms with Gasteiger partial charge in [-0.3, -0.25) is 0 Å². The van der Waals surface area contributed by atoms with Crippen molar-refractivity contribution in [2.75, 3.05) is 7.11 Å². The van der Waals surface area contributed by atoms with E-state index in [1.165, 1.54) is 0 Å². The predicted molar refractivity (Wildman–Crippen MR) is 47.5 cm³/mol. The Morgan fingerprint density at radius 1 is 1.40 bits per heavy atom. The van der Waals surface area contributed by atoms with Crippen molar-refractivity contribution in [2.45, 2.75) is 0 Å². The van der Waals surface area contributed by atoms with Crippen molar-refractivity contribution >= 4 is 18.6 Å². The van der Waals surface area contributed by atoms with E-state index in [2.05, 4.69) is 4.74 Å². The first-order valence-corrected chi connectivity index (χ1v) is 3.91. The largest absolute Gasteiger partial charge is 0.492 e. The molecule has 0 atom stereocenters. The number of carbonyl (C=O) groups is 1. The summed E-state index contributed by atoms with van der Waals surface area (Å²) in [4.78, 5) is 11.1. The number of rotatable bonds is 2. The highest BCUT2D eigenvalue weighted by Gasteiger charge is 2.27.